The molecule has 3 aromatic rings. The molecule has 0 bridgehead atoms. The fourth-order valence-corrected chi connectivity index (χ4v) is 2.66. The first-order valence-corrected chi connectivity index (χ1v) is 8.60. The summed E-state index contributed by atoms with van der Waals surface area (Å²) in [5, 5.41) is 6.82. The summed E-state index contributed by atoms with van der Waals surface area (Å²) >= 11 is 5.40. The van der Waals surface area contributed by atoms with Gasteiger partial charge in [0.15, 0.2) is 5.11 Å². The second-order valence-corrected chi connectivity index (χ2v) is 6.13. The highest BCUT2D eigenvalue weighted by Gasteiger charge is 2.06. The molecular formula is C21H20N2O2S. The fourth-order valence-electron chi connectivity index (χ4n) is 2.44. The lowest BCUT2D eigenvalue weighted by molar-refractivity contribution is 0.417. The predicted octanol–water partition coefficient (Wildman–Crippen LogP) is 5.60. The molecule has 0 saturated carbocycles. The van der Waals surface area contributed by atoms with Gasteiger partial charge in [-0.1, -0.05) is 24.3 Å². The molecule has 26 heavy (non-hydrogen) atoms. The van der Waals surface area contributed by atoms with Crippen molar-refractivity contribution in [3.05, 3.63) is 78.4 Å². The predicted molar refractivity (Wildman–Crippen MR) is 111 cm³/mol. The lowest BCUT2D eigenvalue weighted by atomic mass is 10.2. The van der Waals surface area contributed by atoms with E-state index in [9.17, 15) is 0 Å². The van der Waals surface area contributed by atoms with Crippen LogP contribution in [0.25, 0.3) is 0 Å². The second-order valence-electron chi connectivity index (χ2n) is 5.72. The van der Waals surface area contributed by atoms with Crippen LogP contribution < -0.4 is 20.1 Å². The molecule has 0 heterocycles. The lowest BCUT2D eigenvalue weighted by Crippen LogP contribution is -2.19. The molecule has 0 amide bonds. The van der Waals surface area contributed by atoms with Crippen LogP contribution >= 0.6 is 12.2 Å². The third kappa shape index (κ3) is 4.74. The molecule has 5 heteroatoms. The molecule has 3 aromatic carbocycles. The number of nitrogens with one attached hydrogen (secondary N) is 2. The van der Waals surface area contributed by atoms with Crippen LogP contribution in [0.3, 0.4) is 0 Å². The van der Waals surface area contributed by atoms with E-state index in [-0.39, 0.29) is 0 Å². The van der Waals surface area contributed by atoms with Gasteiger partial charge in [0.25, 0.3) is 0 Å². The average molecular weight is 364 g/mol. The van der Waals surface area contributed by atoms with Crippen molar-refractivity contribution in [1.29, 1.82) is 0 Å². The Morgan fingerprint density at radius 2 is 1.54 bits per heavy atom. The van der Waals surface area contributed by atoms with Crippen molar-refractivity contribution in [1.82, 2.24) is 0 Å². The molecule has 0 saturated heterocycles. The van der Waals surface area contributed by atoms with Gasteiger partial charge in [-0.3, -0.25) is 0 Å². The number of benzene rings is 3. The highest BCUT2D eigenvalue weighted by Crippen LogP contribution is 2.26. The molecule has 3 rings (SSSR count). The van der Waals surface area contributed by atoms with Crippen LogP contribution in [-0.2, 0) is 0 Å². The van der Waals surface area contributed by atoms with E-state index in [0.717, 1.165) is 34.2 Å². The van der Waals surface area contributed by atoms with Gasteiger partial charge in [0.05, 0.1) is 12.8 Å². The number of thiocarbonyl (C=S) groups is 1. The number of hydrogen-bond acceptors (Lipinski definition) is 3. The summed E-state index contributed by atoms with van der Waals surface area (Å²) in [4.78, 5) is 0. The Morgan fingerprint density at radius 1 is 0.846 bits per heavy atom. The molecule has 0 aromatic heterocycles. The molecule has 0 unspecified atom stereocenters. The highest BCUT2D eigenvalue weighted by molar-refractivity contribution is 7.80. The number of ether oxygens (including phenoxy) is 2. The molecule has 4 nitrogen and oxygen atoms in total. The third-order valence-corrected chi connectivity index (χ3v) is 3.90. The summed E-state index contributed by atoms with van der Waals surface area (Å²) in [5.74, 6) is 2.31. The Kier molecular flexibility index (Phi) is 5.71. The Bertz CT molecular complexity index is 880. The van der Waals surface area contributed by atoms with Gasteiger partial charge in [-0.25, -0.2) is 0 Å². The van der Waals surface area contributed by atoms with E-state index in [0.29, 0.717) is 5.11 Å². The van der Waals surface area contributed by atoms with Crippen LogP contribution in [0.15, 0.2) is 72.8 Å². The number of anilines is 2. The van der Waals surface area contributed by atoms with E-state index in [1.807, 2.05) is 79.7 Å². The molecule has 0 aliphatic heterocycles. The minimum atomic E-state index is 0.491. The van der Waals surface area contributed by atoms with E-state index < -0.39 is 0 Å². The molecule has 2 N–H and O–H groups in total. The van der Waals surface area contributed by atoms with Gasteiger partial charge in [0.2, 0.25) is 0 Å². The highest BCUT2D eigenvalue weighted by atomic mass is 32.1. The molecule has 0 radical (unpaired) electrons. The zero-order valence-corrected chi connectivity index (χ0v) is 15.5. The van der Waals surface area contributed by atoms with Crippen LogP contribution in [0, 0.1) is 6.92 Å². The Labute approximate surface area is 158 Å². The van der Waals surface area contributed by atoms with Crippen molar-refractivity contribution in [2.24, 2.45) is 0 Å². The van der Waals surface area contributed by atoms with Crippen LogP contribution in [0.1, 0.15) is 5.56 Å². The summed E-state index contributed by atoms with van der Waals surface area (Å²) in [6.45, 7) is 2.02. The quantitative estimate of drug-likeness (QED) is 0.577. The Balaban J connectivity index is 1.62. The topological polar surface area (TPSA) is 42.5 Å². The van der Waals surface area contributed by atoms with Crippen molar-refractivity contribution in [2.45, 2.75) is 6.92 Å². The van der Waals surface area contributed by atoms with Crippen molar-refractivity contribution in [3.63, 3.8) is 0 Å². The van der Waals surface area contributed by atoms with Gasteiger partial charge in [-0.15, -0.1) is 0 Å². The second kappa shape index (κ2) is 8.36. The summed E-state index contributed by atoms with van der Waals surface area (Å²) in [6.07, 6.45) is 0. The van der Waals surface area contributed by atoms with Crippen molar-refractivity contribution in [2.75, 3.05) is 17.7 Å². The summed E-state index contributed by atoms with van der Waals surface area (Å²) in [5.41, 5.74) is 2.82. The van der Waals surface area contributed by atoms with Gasteiger partial charge >= 0.3 is 0 Å². The zero-order chi connectivity index (χ0) is 18.4. The molecule has 0 spiro atoms. The molecular weight excluding hydrogens is 344 g/mol. The number of para-hydroxylation sites is 1. The van der Waals surface area contributed by atoms with Crippen molar-refractivity contribution >= 4 is 28.7 Å². The van der Waals surface area contributed by atoms with Crippen molar-refractivity contribution < 1.29 is 9.47 Å². The van der Waals surface area contributed by atoms with E-state index >= 15 is 0 Å². The maximum absolute atomic E-state index is 5.78. The van der Waals surface area contributed by atoms with E-state index in [4.69, 9.17) is 21.7 Å². The van der Waals surface area contributed by atoms with Crippen LogP contribution in [0.5, 0.6) is 17.2 Å². The smallest absolute Gasteiger partial charge is 0.175 e. The van der Waals surface area contributed by atoms with Gasteiger partial charge in [0.1, 0.15) is 17.2 Å². The Hall–Kier alpha value is -3.05. The SMILES string of the molecule is COc1ccc(C)cc1NC(=S)Nc1ccc(Oc2ccccc2)cc1. The third-order valence-electron chi connectivity index (χ3n) is 3.69. The molecule has 0 aliphatic carbocycles. The van der Waals surface area contributed by atoms with Gasteiger partial charge in [-0.2, -0.15) is 0 Å². The first-order valence-electron chi connectivity index (χ1n) is 8.19. The molecule has 0 atom stereocenters. The standard InChI is InChI=1S/C21H20N2O2S/c1-15-8-13-20(24-2)19(14-15)23-21(26)22-16-9-11-18(12-10-16)25-17-6-4-3-5-7-17/h3-14H,1-2H3,(H2,22,23,26). The maximum Gasteiger partial charge on any atom is 0.175 e. The van der Waals surface area contributed by atoms with Crippen LogP contribution in [-0.4, -0.2) is 12.2 Å². The van der Waals surface area contributed by atoms with Gasteiger partial charge in [0, 0.05) is 5.69 Å². The first-order chi connectivity index (χ1) is 12.6. The summed E-state index contributed by atoms with van der Waals surface area (Å²) in [6, 6.07) is 23.2. The lowest BCUT2D eigenvalue weighted by Gasteiger charge is -2.14. The van der Waals surface area contributed by atoms with E-state index in [2.05, 4.69) is 10.6 Å². The van der Waals surface area contributed by atoms with E-state index in [1.165, 1.54) is 0 Å². The number of rotatable bonds is 5. The number of aryl methyl sites for hydroxylation is 1. The normalized spacial score (nSPS) is 10.1. The van der Waals surface area contributed by atoms with E-state index in [1.54, 1.807) is 7.11 Å². The largest absolute Gasteiger partial charge is 0.495 e. The van der Waals surface area contributed by atoms with Gasteiger partial charge in [-0.05, 0) is 73.2 Å². The zero-order valence-electron chi connectivity index (χ0n) is 14.7. The molecule has 0 aliphatic rings. The number of hydrogen-bond donors (Lipinski definition) is 2. The maximum atomic E-state index is 5.78. The Morgan fingerprint density at radius 3 is 2.23 bits per heavy atom. The average Bonchev–Trinajstić information content (AvgIpc) is 2.64. The number of methoxy groups -OCH3 is 1. The molecule has 132 valence electrons. The van der Waals surface area contributed by atoms with Crippen LogP contribution in [0.4, 0.5) is 11.4 Å². The summed E-state index contributed by atoms with van der Waals surface area (Å²) < 4.78 is 11.1. The fraction of sp³-hybridized carbons (Fsp3) is 0.0952. The van der Waals surface area contributed by atoms with Crippen molar-refractivity contribution in [3.8, 4) is 17.2 Å². The first kappa shape index (κ1) is 17.8. The molecule has 0 fully saturated rings. The summed E-state index contributed by atoms with van der Waals surface area (Å²) in [7, 11) is 1.64. The minimum absolute atomic E-state index is 0.491. The van der Waals surface area contributed by atoms with Gasteiger partial charge < -0.3 is 20.1 Å². The van der Waals surface area contributed by atoms with Crippen LogP contribution in [0.2, 0.25) is 0 Å². The monoisotopic (exact) mass is 364 g/mol. The minimum Gasteiger partial charge on any atom is -0.495 e.